The minimum atomic E-state index is -0.223. The van der Waals surface area contributed by atoms with Gasteiger partial charge in [-0.15, -0.1) is 0 Å². The molecule has 0 saturated carbocycles. The van der Waals surface area contributed by atoms with E-state index in [1.807, 2.05) is 44.3 Å². The van der Waals surface area contributed by atoms with E-state index < -0.39 is 0 Å². The first kappa shape index (κ1) is 13.6. The largest absolute Gasteiger partial charge is 0.494 e. The van der Waals surface area contributed by atoms with E-state index in [1.165, 1.54) is 6.07 Å². The van der Waals surface area contributed by atoms with Gasteiger partial charge in [0.2, 0.25) is 0 Å². The number of halogens is 1. The fourth-order valence-electron chi connectivity index (χ4n) is 2.16. The summed E-state index contributed by atoms with van der Waals surface area (Å²) < 4.78 is 18.8. The van der Waals surface area contributed by atoms with E-state index >= 15 is 0 Å². The molecule has 19 heavy (non-hydrogen) atoms. The SMILES string of the molecule is CCOc1cccc(C(NC)c2cccc(F)c2)c1. The van der Waals surface area contributed by atoms with E-state index in [0.717, 1.165) is 16.9 Å². The van der Waals surface area contributed by atoms with E-state index in [9.17, 15) is 4.39 Å². The number of hydrogen-bond acceptors (Lipinski definition) is 2. The lowest BCUT2D eigenvalue weighted by Gasteiger charge is -2.18. The molecule has 1 N–H and O–H groups in total. The Labute approximate surface area is 113 Å². The zero-order chi connectivity index (χ0) is 13.7. The van der Waals surface area contributed by atoms with Crippen LogP contribution in [0.4, 0.5) is 4.39 Å². The smallest absolute Gasteiger partial charge is 0.123 e. The van der Waals surface area contributed by atoms with Crippen LogP contribution in [0.15, 0.2) is 48.5 Å². The van der Waals surface area contributed by atoms with Crippen LogP contribution in [0.2, 0.25) is 0 Å². The average Bonchev–Trinajstić information content (AvgIpc) is 2.41. The molecule has 0 bridgehead atoms. The molecular formula is C16H18FNO. The van der Waals surface area contributed by atoms with Crippen molar-refractivity contribution in [1.82, 2.24) is 5.32 Å². The first-order valence-electron chi connectivity index (χ1n) is 6.40. The summed E-state index contributed by atoms with van der Waals surface area (Å²) in [4.78, 5) is 0. The van der Waals surface area contributed by atoms with Crippen LogP contribution in [0.1, 0.15) is 24.1 Å². The zero-order valence-electron chi connectivity index (χ0n) is 11.2. The van der Waals surface area contributed by atoms with Gasteiger partial charge in [-0.1, -0.05) is 24.3 Å². The second-order valence-corrected chi connectivity index (χ2v) is 4.28. The second kappa shape index (κ2) is 6.34. The molecule has 2 nitrogen and oxygen atoms in total. The summed E-state index contributed by atoms with van der Waals surface area (Å²) >= 11 is 0. The highest BCUT2D eigenvalue weighted by atomic mass is 19.1. The summed E-state index contributed by atoms with van der Waals surface area (Å²) in [6, 6.07) is 14.5. The van der Waals surface area contributed by atoms with Crippen LogP contribution in [0, 0.1) is 5.82 Å². The second-order valence-electron chi connectivity index (χ2n) is 4.28. The van der Waals surface area contributed by atoms with E-state index in [1.54, 1.807) is 12.1 Å². The van der Waals surface area contributed by atoms with Crippen molar-refractivity contribution in [1.29, 1.82) is 0 Å². The van der Waals surface area contributed by atoms with Crippen LogP contribution >= 0.6 is 0 Å². The fraction of sp³-hybridized carbons (Fsp3) is 0.250. The molecule has 100 valence electrons. The van der Waals surface area contributed by atoms with Crippen molar-refractivity contribution >= 4 is 0 Å². The molecule has 2 rings (SSSR count). The van der Waals surface area contributed by atoms with Crippen molar-refractivity contribution in [2.45, 2.75) is 13.0 Å². The Balaban J connectivity index is 2.33. The predicted octanol–water partition coefficient (Wildman–Crippen LogP) is 3.53. The maximum atomic E-state index is 13.3. The van der Waals surface area contributed by atoms with Crippen LogP contribution in [0.25, 0.3) is 0 Å². The monoisotopic (exact) mass is 259 g/mol. The quantitative estimate of drug-likeness (QED) is 0.887. The third kappa shape index (κ3) is 3.32. The van der Waals surface area contributed by atoms with Gasteiger partial charge < -0.3 is 10.1 Å². The Hall–Kier alpha value is -1.87. The Morgan fingerprint density at radius 1 is 1.11 bits per heavy atom. The van der Waals surface area contributed by atoms with Crippen molar-refractivity contribution in [3.63, 3.8) is 0 Å². The van der Waals surface area contributed by atoms with Gasteiger partial charge in [0.15, 0.2) is 0 Å². The lowest BCUT2D eigenvalue weighted by Crippen LogP contribution is -2.17. The molecule has 3 heteroatoms. The summed E-state index contributed by atoms with van der Waals surface area (Å²) in [5.41, 5.74) is 1.95. The fourth-order valence-corrected chi connectivity index (χ4v) is 2.16. The van der Waals surface area contributed by atoms with Gasteiger partial charge in [0.1, 0.15) is 11.6 Å². The third-order valence-corrected chi connectivity index (χ3v) is 2.97. The molecule has 0 fully saturated rings. The first-order valence-corrected chi connectivity index (χ1v) is 6.40. The van der Waals surface area contributed by atoms with Gasteiger partial charge in [-0.05, 0) is 49.4 Å². The number of nitrogens with one attached hydrogen (secondary N) is 1. The lowest BCUT2D eigenvalue weighted by atomic mass is 9.98. The summed E-state index contributed by atoms with van der Waals surface area (Å²) in [5, 5.41) is 3.21. The minimum absolute atomic E-state index is 0.0453. The Morgan fingerprint density at radius 2 is 1.79 bits per heavy atom. The van der Waals surface area contributed by atoms with Crippen LogP contribution < -0.4 is 10.1 Å². The number of hydrogen-bond donors (Lipinski definition) is 1. The van der Waals surface area contributed by atoms with Gasteiger partial charge in [-0.25, -0.2) is 4.39 Å². The Morgan fingerprint density at radius 3 is 2.42 bits per heavy atom. The van der Waals surface area contributed by atoms with E-state index in [4.69, 9.17) is 4.74 Å². The molecule has 1 unspecified atom stereocenters. The lowest BCUT2D eigenvalue weighted by molar-refractivity contribution is 0.339. The molecule has 1 atom stereocenters. The number of benzene rings is 2. The van der Waals surface area contributed by atoms with Gasteiger partial charge in [-0.2, -0.15) is 0 Å². The first-order chi connectivity index (χ1) is 9.24. The van der Waals surface area contributed by atoms with E-state index in [2.05, 4.69) is 5.32 Å². The van der Waals surface area contributed by atoms with E-state index in [-0.39, 0.29) is 11.9 Å². The van der Waals surface area contributed by atoms with Gasteiger partial charge in [0, 0.05) is 0 Å². The van der Waals surface area contributed by atoms with Crippen LogP contribution in [-0.2, 0) is 0 Å². The van der Waals surface area contributed by atoms with Crippen LogP contribution in [-0.4, -0.2) is 13.7 Å². The number of rotatable bonds is 5. The molecule has 0 heterocycles. The molecule has 0 saturated heterocycles. The maximum absolute atomic E-state index is 13.3. The van der Waals surface area contributed by atoms with Crippen LogP contribution in [0.5, 0.6) is 5.75 Å². The predicted molar refractivity (Wildman–Crippen MR) is 74.9 cm³/mol. The number of ether oxygens (including phenoxy) is 1. The topological polar surface area (TPSA) is 21.3 Å². The Bertz CT molecular complexity index is 542. The van der Waals surface area contributed by atoms with Gasteiger partial charge in [0.25, 0.3) is 0 Å². The van der Waals surface area contributed by atoms with Crippen molar-refractivity contribution in [2.75, 3.05) is 13.7 Å². The molecule has 2 aromatic carbocycles. The molecular weight excluding hydrogens is 241 g/mol. The molecule has 0 aromatic heterocycles. The van der Waals surface area contributed by atoms with Crippen molar-refractivity contribution in [3.8, 4) is 5.75 Å². The van der Waals surface area contributed by atoms with Gasteiger partial charge in [-0.3, -0.25) is 0 Å². The normalized spacial score (nSPS) is 12.2. The van der Waals surface area contributed by atoms with Gasteiger partial charge in [0.05, 0.1) is 12.6 Å². The molecule has 0 aliphatic heterocycles. The Kier molecular flexibility index (Phi) is 4.53. The highest BCUT2D eigenvalue weighted by molar-refractivity contribution is 5.36. The maximum Gasteiger partial charge on any atom is 0.123 e. The highest BCUT2D eigenvalue weighted by Gasteiger charge is 2.13. The molecule has 0 aliphatic rings. The third-order valence-electron chi connectivity index (χ3n) is 2.97. The minimum Gasteiger partial charge on any atom is -0.494 e. The standard InChI is InChI=1S/C16H18FNO/c1-3-19-15-9-5-7-13(11-15)16(18-2)12-6-4-8-14(17)10-12/h4-11,16,18H,3H2,1-2H3. The van der Waals surface area contributed by atoms with Crippen LogP contribution in [0.3, 0.4) is 0 Å². The molecule has 0 aliphatic carbocycles. The molecule has 0 radical (unpaired) electrons. The summed E-state index contributed by atoms with van der Waals surface area (Å²) in [6.45, 7) is 2.59. The van der Waals surface area contributed by atoms with E-state index in [0.29, 0.717) is 6.61 Å². The summed E-state index contributed by atoms with van der Waals surface area (Å²) in [6.07, 6.45) is 0. The average molecular weight is 259 g/mol. The molecule has 0 spiro atoms. The summed E-state index contributed by atoms with van der Waals surface area (Å²) in [7, 11) is 1.86. The van der Waals surface area contributed by atoms with Crippen molar-refractivity contribution in [2.24, 2.45) is 0 Å². The summed E-state index contributed by atoms with van der Waals surface area (Å²) in [5.74, 6) is 0.607. The molecule has 2 aromatic rings. The zero-order valence-corrected chi connectivity index (χ0v) is 11.2. The molecule has 0 amide bonds. The van der Waals surface area contributed by atoms with Crippen molar-refractivity contribution < 1.29 is 9.13 Å². The van der Waals surface area contributed by atoms with Crippen molar-refractivity contribution in [3.05, 3.63) is 65.5 Å². The van der Waals surface area contributed by atoms with Gasteiger partial charge >= 0.3 is 0 Å². The highest BCUT2D eigenvalue weighted by Crippen LogP contribution is 2.25.